The first kappa shape index (κ1) is 20.3. The van der Waals surface area contributed by atoms with E-state index < -0.39 is 21.7 Å². The number of halogens is 3. The molecule has 0 saturated carbocycles. The van der Waals surface area contributed by atoms with Crippen LogP contribution in [0.25, 0.3) is 28.1 Å². The Bertz CT molecular complexity index is 1420. The van der Waals surface area contributed by atoms with Gasteiger partial charge in [0.1, 0.15) is 17.1 Å². The summed E-state index contributed by atoms with van der Waals surface area (Å²) >= 11 is 0. The number of sulfone groups is 1. The van der Waals surface area contributed by atoms with E-state index in [-0.39, 0.29) is 33.3 Å². The molecule has 0 unspecified atom stereocenters. The second-order valence-electron chi connectivity index (χ2n) is 6.91. The largest absolute Gasteiger partial charge is 0.433 e. The summed E-state index contributed by atoms with van der Waals surface area (Å²) < 4.78 is 67.6. The van der Waals surface area contributed by atoms with Gasteiger partial charge in [-0.25, -0.2) is 27.9 Å². The van der Waals surface area contributed by atoms with Crippen LogP contribution in [0.3, 0.4) is 0 Å². The molecule has 0 fully saturated rings. The standard InChI is InChI=1S/C18H17F3N6O2S/c1-5-30(28,29)17-14(16-23-9(2)6-10(3)27(16)25-17)15-24-11-7-13(18(19,20)21)22-8-12(11)26(15)4/h6-8H,5H2,1-4H3. The first-order chi connectivity index (χ1) is 13.9. The smallest absolute Gasteiger partial charge is 0.326 e. The van der Waals surface area contributed by atoms with Crippen LogP contribution in [-0.4, -0.2) is 43.3 Å². The molecule has 0 bridgehead atoms. The fraction of sp³-hybridized carbons (Fsp3) is 0.333. The molecule has 0 aliphatic carbocycles. The second-order valence-corrected chi connectivity index (χ2v) is 9.10. The van der Waals surface area contributed by atoms with Gasteiger partial charge in [-0.3, -0.25) is 0 Å². The average molecular weight is 438 g/mol. The molecule has 0 saturated heterocycles. The van der Waals surface area contributed by atoms with E-state index in [1.165, 1.54) is 16.0 Å². The summed E-state index contributed by atoms with van der Waals surface area (Å²) in [5, 5.41) is 4.04. The molecule has 4 aromatic heterocycles. The van der Waals surface area contributed by atoms with Crippen molar-refractivity contribution in [1.82, 2.24) is 29.1 Å². The van der Waals surface area contributed by atoms with E-state index in [1.807, 2.05) is 0 Å². The summed E-state index contributed by atoms with van der Waals surface area (Å²) in [6.07, 6.45) is -3.55. The third-order valence-electron chi connectivity index (χ3n) is 4.82. The summed E-state index contributed by atoms with van der Waals surface area (Å²) in [4.78, 5) is 12.2. The molecule has 158 valence electrons. The fourth-order valence-corrected chi connectivity index (χ4v) is 4.29. The van der Waals surface area contributed by atoms with Crippen molar-refractivity contribution in [1.29, 1.82) is 0 Å². The van der Waals surface area contributed by atoms with E-state index >= 15 is 0 Å². The zero-order valence-electron chi connectivity index (χ0n) is 16.5. The first-order valence-corrected chi connectivity index (χ1v) is 10.6. The predicted octanol–water partition coefficient (Wildman–Crippen LogP) is 3.11. The Kier molecular flexibility index (Phi) is 4.38. The number of rotatable bonds is 3. The lowest BCUT2D eigenvalue weighted by molar-refractivity contribution is -0.141. The molecular formula is C18H17F3N6O2S. The van der Waals surface area contributed by atoms with E-state index in [9.17, 15) is 21.6 Å². The number of hydrogen-bond donors (Lipinski definition) is 0. The van der Waals surface area contributed by atoms with Crippen LogP contribution in [0.2, 0.25) is 0 Å². The van der Waals surface area contributed by atoms with Crippen molar-refractivity contribution in [2.75, 3.05) is 5.75 Å². The summed E-state index contributed by atoms with van der Waals surface area (Å²) in [6, 6.07) is 2.59. The zero-order valence-corrected chi connectivity index (χ0v) is 17.3. The van der Waals surface area contributed by atoms with Crippen LogP contribution in [0.5, 0.6) is 0 Å². The zero-order chi connectivity index (χ0) is 22.0. The lowest BCUT2D eigenvalue weighted by atomic mass is 10.3. The van der Waals surface area contributed by atoms with Gasteiger partial charge in [-0.2, -0.15) is 18.3 Å². The monoisotopic (exact) mass is 438 g/mol. The molecular weight excluding hydrogens is 421 g/mol. The van der Waals surface area contributed by atoms with Gasteiger partial charge < -0.3 is 4.57 Å². The third-order valence-corrected chi connectivity index (χ3v) is 6.45. The van der Waals surface area contributed by atoms with Crippen molar-refractivity contribution in [3.63, 3.8) is 0 Å². The number of hydrogen-bond acceptors (Lipinski definition) is 6. The number of fused-ring (bicyclic) bond motifs is 2. The maximum atomic E-state index is 13.1. The molecule has 0 amide bonds. The Morgan fingerprint density at radius 2 is 1.83 bits per heavy atom. The fourth-order valence-electron chi connectivity index (χ4n) is 3.32. The Labute approximate surface area is 169 Å². The highest BCUT2D eigenvalue weighted by molar-refractivity contribution is 7.91. The number of imidazole rings is 1. The van der Waals surface area contributed by atoms with Crippen LogP contribution < -0.4 is 0 Å². The maximum absolute atomic E-state index is 13.1. The molecule has 4 rings (SSSR count). The highest BCUT2D eigenvalue weighted by Gasteiger charge is 2.34. The molecule has 0 aromatic carbocycles. The average Bonchev–Trinajstić information content (AvgIpc) is 3.19. The van der Waals surface area contributed by atoms with Gasteiger partial charge in [0.2, 0.25) is 0 Å². The van der Waals surface area contributed by atoms with Gasteiger partial charge in [0.15, 0.2) is 20.5 Å². The van der Waals surface area contributed by atoms with E-state index in [1.54, 1.807) is 27.0 Å². The number of alkyl halides is 3. The minimum absolute atomic E-state index is 0.0402. The molecule has 12 heteroatoms. The summed E-state index contributed by atoms with van der Waals surface area (Å²) in [6.45, 7) is 5.00. The number of aromatic nitrogens is 6. The summed E-state index contributed by atoms with van der Waals surface area (Å²) in [7, 11) is -2.20. The van der Waals surface area contributed by atoms with Crippen molar-refractivity contribution in [3.8, 4) is 11.4 Å². The molecule has 0 N–H and O–H groups in total. The van der Waals surface area contributed by atoms with Crippen molar-refractivity contribution in [2.24, 2.45) is 7.05 Å². The van der Waals surface area contributed by atoms with Crippen molar-refractivity contribution >= 4 is 26.5 Å². The van der Waals surface area contributed by atoms with Gasteiger partial charge in [-0.1, -0.05) is 6.92 Å². The van der Waals surface area contributed by atoms with Crippen LogP contribution >= 0.6 is 0 Å². The molecule has 0 radical (unpaired) electrons. The Hall–Kier alpha value is -3.02. The van der Waals surface area contributed by atoms with Crippen molar-refractivity contribution in [2.45, 2.75) is 32.0 Å². The SMILES string of the molecule is CCS(=O)(=O)c1nn2c(C)cc(C)nc2c1-c1nc2cc(C(F)(F)F)ncc2n1C. The lowest BCUT2D eigenvalue weighted by Gasteiger charge is -2.05. The number of aryl methyl sites for hydroxylation is 3. The molecule has 0 spiro atoms. The van der Waals surface area contributed by atoms with Gasteiger partial charge in [0, 0.05) is 18.4 Å². The number of nitrogens with zero attached hydrogens (tertiary/aromatic N) is 6. The lowest BCUT2D eigenvalue weighted by Crippen LogP contribution is -2.07. The molecule has 0 aliphatic rings. The first-order valence-electron chi connectivity index (χ1n) is 8.94. The molecule has 8 nitrogen and oxygen atoms in total. The van der Waals surface area contributed by atoms with Crippen molar-refractivity contribution < 1.29 is 21.6 Å². The molecule has 4 aromatic rings. The normalized spacial score (nSPS) is 12.9. The Morgan fingerprint density at radius 3 is 2.47 bits per heavy atom. The minimum Gasteiger partial charge on any atom is -0.326 e. The van der Waals surface area contributed by atoms with Crippen LogP contribution in [0.15, 0.2) is 23.4 Å². The summed E-state index contributed by atoms with van der Waals surface area (Å²) in [5.74, 6) is -0.0586. The summed E-state index contributed by atoms with van der Waals surface area (Å²) in [5.41, 5.74) is 1.00. The van der Waals surface area contributed by atoms with E-state index in [0.29, 0.717) is 16.9 Å². The maximum Gasteiger partial charge on any atom is 0.433 e. The van der Waals surface area contributed by atoms with Gasteiger partial charge in [-0.15, -0.1) is 0 Å². The van der Waals surface area contributed by atoms with Crippen LogP contribution in [0, 0.1) is 13.8 Å². The second kappa shape index (κ2) is 6.49. The molecule has 0 atom stereocenters. The van der Waals surface area contributed by atoms with Crippen molar-refractivity contribution in [3.05, 3.63) is 35.4 Å². The van der Waals surface area contributed by atoms with Crippen LogP contribution in [0.1, 0.15) is 24.0 Å². The molecule has 4 heterocycles. The van der Waals surface area contributed by atoms with E-state index in [0.717, 1.165) is 12.3 Å². The van der Waals surface area contributed by atoms with Gasteiger partial charge in [0.05, 0.1) is 23.0 Å². The molecule has 0 aliphatic heterocycles. The topological polar surface area (TPSA) is 95.0 Å². The molecule has 30 heavy (non-hydrogen) atoms. The predicted molar refractivity (Wildman–Crippen MR) is 103 cm³/mol. The van der Waals surface area contributed by atoms with Crippen LogP contribution in [-0.2, 0) is 23.1 Å². The van der Waals surface area contributed by atoms with Gasteiger partial charge >= 0.3 is 6.18 Å². The highest BCUT2D eigenvalue weighted by atomic mass is 32.2. The third kappa shape index (κ3) is 3.02. The van der Waals surface area contributed by atoms with Gasteiger partial charge in [0.25, 0.3) is 0 Å². The Morgan fingerprint density at radius 1 is 1.13 bits per heavy atom. The quantitative estimate of drug-likeness (QED) is 0.488. The van der Waals surface area contributed by atoms with Gasteiger partial charge in [-0.05, 0) is 26.0 Å². The van der Waals surface area contributed by atoms with E-state index in [2.05, 4.69) is 20.1 Å². The number of pyridine rings is 1. The Balaban J connectivity index is 2.11. The van der Waals surface area contributed by atoms with Crippen LogP contribution in [0.4, 0.5) is 13.2 Å². The minimum atomic E-state index is -4.62. The van der Waals surface area contributed by atoms with E-state index in [4.69, 9.17) is 0 Å². The highest BCUT2D eigenvalue weighted by Crippen LogP contribution is 2.35.